The molecular weight excluding hydrogens is 329 g/mol. The molecule has 0 aromatic heterocycles. The molecule has 0 aliphatic carbocycles. The van der Waals surface area contributed by atoms with Gasteiger partial charge in [-0.3, -0.25) is 5.32 Å². The molecule has 94 valence electrons. The van der Waals surface area contributed by atoms with Gasteiger partial charge in [-0.15, -0.1) is 0 Å². The minimum atomic E-state index is -0.477. The van der Waals surface area contributed by atoms with Crippen LogP contribution in [0.15, 0.2) is 12.1 Å². The molecule has 0 radical (unpaired) electrons. The van der Waals surface area contributed by atoms with E-state index in [1.807, 2.05) is 46.8 Å². The summed E-state index contributed by atoms with van der Waals surface area (Å²) in [6.45, 7) is 9.49. The van der Waals surface area contributed by atoms with Crippen molar-refractivity contribution in [3.8, 4) is 0 Å². The van der Waals surface area contributed by atoms with Crippen LogP contribution in [0.2, 0.25) is 0 Å². The lowest BCUT2D eigenvalue weighted by Crippen LogP contribution is -2.27. The lowest BCUT2D eigenvalue weighted by Gasteiger charge is -2.21. The lowest BCUT2D eigenvalue weighted by molar-refractivity contribution is 0.0635. The molecular formula is C13H18INO2. The molecule has 0 fully saturated rings. The summed E-state index contributed by atoms with van der Waals surface area (Å²) in [4.78, 5) is 11.7. The summed E-state index contributed by atoms with van der Waals surface area (Å²) in [5, 5.41) is 2.80. The van der Waals surface area contributed by atoms with Crippen LogP contribution in [0.4, 0.5) is 10.5 Å². The van der Waals surface area contributed by atoms with Crippen molar-refractivity contribution in [2.45, 2.75) is 40.2 Å². The molecule has 4 heteroatoms. The molecule has 1 aromatic carbocycles. The van der Waals surface area contributed by atoms with E-state index in [1.54, 1.807) is 0 Å². The van der Waals surface area contributed by atoms with Crippen molar-refractivity contribution >= 4 is 34.4 Å². The molecule has 0 saturated carbocycles. The normalized spacial score (nSPS) is 11.2. The van der Waals surface area contributed by atoms with Crippen molar-refractivity contribution in [2.75, 3.05) is 5.32 Å². The van der Waals surface area contributed by atoms with E-state index in [0.29, 0.717) is 0 Å². The van der Waals surface area contributed by atoms with Gasteiger partial charge in [0.25, 0.3) is 0 Å². The highest BCUT2D eigenvalue weighted by atomic mass is 127. The van der Waals surface area contributed by atoms with Crippen LogP contribution < -0.4 is 5.32 Å². The quantitative estimate of drug-likeness (QED) is 0.771. The summed E-state index contributed by atoms with van der Waals surface area (Å²) in [5.41, 5.74) is 2.44. The fourth-order valence-electron chi connectivity index (χ4n) is 1.51. The van der Waals surface area contributed by atoms with E-state index >= 15 is 0 Å². The van der Waals surface area contributed by atoms with E-state index in [0.717, 1.165) is 20.4 Å². The Morgan fingerprint density at radius 2 is 1.71 bits per heavy atom. The predicted octanol–water partition coefficient (Wildman–Crippen LogP) is 4.26. The smallest absolute Gasteiger partial charge is 0.412 e. The van der Waals surface area contributed by atoms with Gasteiger partial charge in [0.15, 0.2) is 0 Å². The van der Waals surface area contributed by atoms with Crippen LogP contribution >= 0.6 is 22.6 Å². The number of hydrogen-bond donors (Lipinski definition) is 1. The zero-order valence-electron chi connectivity index (χ0n) is 10.8. The van der Waals surface area contributed by atoms with Gasteiger partial charge in [-0.05, 0) is 80.5 Å². The predicted molar refractivity (Wildman–Crippen MR) is 78.5 cm³/mol. The third-order valence-electron chi connectivity index (χ3n) is 2.12. The SMILES string of the molecule is Cc1cc(I)cc(C)c1NC(=O)OC(C)(C)C. The number of ether oxygens (including phenoxy) is 1. The third-order valence-corrected chi connectivity index (χ3v) is 2.75. The van der Waals surface area contributed by atoms with Crippen LogP contribution in [0.1, 0.15) is 31.9 Å². The Kier molecular flexibility index (Phi) is 4.41. The number of anilines is 1. The molecule has 1 amide bonds. The number of carbonyl (C=O) groups excluding carboxylic acids is 1. The number of amides is 1. The number of hydrogen-bond acceptors (Lipinski definition) is 2. The zero-order valence-corrected chi connectivity index (χ0v) is 13.0. The molecule has 0 aliphatic heterocycles. The number of benzene rings is 1. The van der Waals surface area contributed by atoms with Crippen molar-refractivity contribution in [3.63, 3.8) is 0 Å². The second kappa shape index (κ2) is 5.25. The van der Waals surface area contributed by atoms with Gasteiger partial charge in [0.2, 0.25) is 0 Å². The van der Waals surface area contributed by atoms with Crippen LogP contribution in [0.3, 0.4) is 0 Å². The summed E-state index contributed by atoms with van der Waals surface area (Å²) in [6, 6.07) is 4.06. The molecule has 0 aliphatic rings. The van der Waals surface area contributed by atoms with Gasteiger partial charge < -0.3 is 4.74 Å². The number of aryl methyl sites for hydroxylation is 2. The van der Waals surface area contributed by atoms with Crippen molar-refractivity contribution in [1.82, 2.24) is 0 Å². The number of rotatable bonds is 1. The Labute approximate surface area is 116 Å². The molecule has 0 saturated heterocycles. The molecule has 1 N–H and O–H groups in total. The van der Waals surface area contributed by atoms with E-state index in [2.05, 4.69) is 27.9 Å². The van der Waals surface area contributed by atoms with Gasteiger partial charge in [-0.25, -0.2) is 4.79 Å². The molecule has 17 heavy (non-hydrogen) atoms. The highest BCUT2D eigenvalue weighted by Gasteiger charge is 2.17. The molecule has 1 aromatic rings. The molecule has 3 nitrogen and oxygen atoms in total. The fourth-order valence-corrected chi connectivity index (χ4v) is 2.45. The van der Waals surface area contributed by atoms with Crippen molar-refractivity contribution in [1.29, 1.82) is 0 Å². The number of halogens is 1. The van der Waals surface area contributed by atoms with Gasteiger partial charge in [0, 0.05) is 9.26 Å². The Balaban J connectivity index is 2.86. The molecule has 0 unspecified atom stereocenters. The van der Waals surface area contributed by atoms with Crippen LogP contribution in [0, 0.1) is 17.4 Å². The summed E-state index contributed by atoms with van der Waals surface area (Å²) in [6.07, 6.45) is -0.412. The monoisotopic (exact) mass is 347 g/mol. The maximum atomic E-state index is 11.7. The van der Waals surface area contributed by atoms with E-state index in [9.17, 15) is 4.79 Å². The molecule has 1 rings (SSSR count). The first-order valence-electron chi connectivity index (χ1n) is 5.46. The van der Waals surface area contributed by atoms with Gasteiger partial charge in [-0.2, -0.15) is 0 Å². The highest BCUT2D eigenvalue weighted by molar-refractivity contribution is 14.1. The maximum absolute atomic E-state index is 11.7. The van der Waals surface area contributed by atoms with Gasteiger partial charge in [-0.1, -0.05) is 0 Å². The van der Waals surface area contributed by atoms with E-state index < -0.39 is 11.7 Å². The summed E-state index contributed by atoms with van der Waals surface area (Å²) in [7, 11) is 0. The minimum Gasteiger partial charge on any atom is -0.444 e. The Morgan fingerprint density at radius 3 is 2.12 bits per heavy atom. The van der Waals surface area contributed by atoms with Gasteiger partial charge in [0.05, 0.1) is 0 Å². The Hall–Kier alpha value is -0.780. The fraction of sp³-hybridized carbons (Fsp3) is 0.462. The topological polar surface area (TPSA) is 38.3 Å². The van der Waals surface area contributed by atoms with Crippen molar-refractivity contribution in [3.05, 3.63) is 26.8 Å². The second-order valence-electron chi connectivity index (χ2n) is 5.04. The largest absolute Gasteiger partial charge is 0.444 e. The molecule has 0 heterocycles. The van der Waals surface area contributed by atoms with E-state index in [-0.39, 0.29) is 0 Å². The van der Waals surface area contributed by atoms with Crippen LogP contribution in [0.25, 0.3) is 0 Å². The zero-order chi connectivity index (χ0) is 13.2. The summed E-state index contributed by atoms with van der Waals surface area (Å²) < 4.78 is 6.39. The number of nitrogens with one attached hydrogen (secondary N) is 1. The minimum absolute atomic E-state index is 0.412. The highest BCUT2D eigenvalue weighted by Crippen LogP contribution is 2.23. The Morgan fingerprint density at radius 1 is 1.24 bits per heavy atom. The maximum Gasteiger partial charge on any atom is 0.412 e. The molecule has 0 atom stereocenters. The van der Waals surface area contributed by atoms with Gasteiger partial charge in [0.1, 0.15) is 5.60 Å². The first kappa shape index (κ1) is 14.3. The molecule has 0 spiro atoms. The second-order valence-corrected chi connectivity index (χ2v) is 6.29. The average molecular weight is 347 g/mol. The molecule has 0 bridgehead atoms. The Bertz CT molecular complexity index is 413. The van der Waals surface area contributed by atoms with Crippen molar-refractivity contribution < 1.29 is 9.53 Å². The summed E-state index contributed by atoms with van der Waals surface area (Å²) >= 11 is 2.26. The average Bonchev–Trinajstić information content (AvgIpc) is 2.08. The van der Waals surface area contributed by atoms with Crippen LogP contribution in [0.5, 0.6) is 0 Å². The first-order chi connectivity index (χ1) is 7.69. The summed E-state index contributed by atoms with van der Waals surface area (Å²) in [5.74, 6) is 0. The van der Waals surface area contributed by atoms with Crippen LogP contribution in [-0.4, -0.2) is 11.7 Å². The first-order valence-corrected chi connectivity index (χ1v) is 6.53. The lowest BCUT2D eigenvalue weighted by atomic mass is 10.1. The standard InChI is InChI=1S/C13H18INO2/c1-8-6-10(14)7-9(2)11(8)15-12(16)17-13(3,4)5/h6-7H,1-5H3,(H,15,16). The van der Waals surface area contributed by atoms with Crippen molar-refractivity contribution in [2.24, 2.45) is 0 Å². The number of carbonyl (C=O) groups is 1. The van der Waals surface area contributed by atoms with Gasteiger partial charge >= 0.3 is 6.09 Å². The van der Waals surface area contributed by atoms with E-state index in [1.165, 1.54) is 0 Å². The third kappa shape index (κ3) is 4.53. The van der Waals surface area contributed by atoms with E-state index in [4.69, 9.17) is 4.74 Å². The van der Waals surface area contributed by atoms with Crippen LogP contribution in [-0.2, 0) is 4.74 Å².